The van der Waals surface area contributed by atoms with Crippen LogP contribution in [-0.2, 0) is 9.53 Å². The third kappa shape index (κ3) is 3.98. The molecule has 1 aliphatic rings. The molecule has 3 nitrogen and oxygen atoms in total. The maximum atomic E-state index is 13.7. The SMILES string of the molecule is COC(=O)CC1(CSc2cc(C)c(F)cc2C(C)N)CC1. The lowest BCUT2D eigenvalue weighted by Crippen LogP contribution is -2.14. The van der Waals surface area contributed by atoms with E-state index in [-0.39, 0.29) is 23.2 Å². The predicted molar refractivity (Wildman–Crippen MR) is 82.8 cm³/mol. The molecule has 1 aromatic rings. The lowest BCUT2D eigenvalue weighted by molar-refractivity contribution is -0.141. The van der Waals surface area contributed by atoms with E-state index in [2.05, 4.69) is 0 Å². The first-order valence-electron chi connectivity index (χ1n) is 7.12. The van der Waals surface area contributed by atoms with Crippen molar-refractivity contribution in [3.63, 3.8) is 0 Å². The first-order chi connectivity index (χ1) is 9.87. The number of halogens is 1. The Kier molecular flexibility index (Phi) is 4.94. The van der Waals surface area contributed by atoms with Gasteiger partial charge in [-0.1, -0.05) is 0 Å². The van der Waals surface area contributed by atoms with Crippen LogP contribution >= 0.6 is 11.8 Å². The van der Waals surface area contributed by atoms with E-state index in [4.69, 9.17) is 10.5 Å². The van der Waals surface area contributed by atoms with Crippen molar-refractivity contribution >= 4 is 17.7 Å². The monoisotopic (exact) mass is 311 g/mol. The van der Waals surface area contributed by atoms with Crippen molar-refractivity contribution < 1.29 is 13.9 Å². The Balaban J connectivity index is 2.09. The van der Waals surface area contributed by atoms with Gasteiger partial charge >= 0.3 is 5.97 Å². The first-order valence-corrected chi connectivity index (χ1v) is 8.11. The van der Waals surface area contributed by atoms with Crippen molar-refractivity contribution in [1.29, 1.82) is 0 Å². The summed E-state index contributed by atoms with van der Waals surface area (Å²) in [4.78, 5) is 12.5. The minimum Gasteiger partial charge on any atom is -0.469 e. The zero-order chi connectivity index (χ0) is 15.6. The second kappa shape index (κ2) is 6.36. The van der Waals surface area contributed by atoms with Gasteiger partial charge in [0.05, 0.1) is 13.5 Å². The smallest absolute Gasteiger partial charge is 0.306 e. The molecule has 1 fully saturated rings. The van der Waals surface area contributed by atoms with Gasteiger partial charge in [0.2, 0.25) is 0 Å². The third-order valence-electron chi connectivity index (χ3n) is 4.02. The van der Waals surface area contributed by atoms with Crippen molar-refractivity contribution in [3.8, 4) is 0 Å². The van der Waals surface area contributed by atoms with Gasteiger partial charge in [-0.15, -0.1) is 11.8 Å². The van der Waals surface area contributed by atoms with Gasteiger partial charge in [0.15, 0.2) is 0 Å². The van der Waals surface area contributed by atoms with Crippen LogP contribution < -0.4 is 5.73 Å². The molecular formula is C16H22FNO2S. The normalized spacial score (nSPS) is 17.4. The van der Waals surface area contributed by atoms with Crippen LogP contribution in [0.15, 0.2) is 17.0 Å². The van der Waals surface area contributed by atoms with Crippen molar-refractivity contribution in [2.75, 3.05) is 12.9 Å². The van der Waals surface area contributed by atoms with E-state index < -0.39 is 0 Å². The molecule has 1 aromatic carbocycles. The van der Waals surface area contributed by atoms with Crippen LogP contribution in [0.3, 0.4) is 0 Å². The molecule has 1 atom stereocenters. The Morgan fingerprint density at radius 3 is 2.71 bits per heavy atom. The molecule has 5 heteroatoms. The molecular weight excluding hydrogens is 289 g/mol. The number of ether oxygens (including phenoxy) is 1. The van der Waals surface area contributed by atoms with E-state index in [1.807, 2.05) is 13.0 Å². The Bertz CT molecular complexity index is 541. The molecule has 21 heavy (non-hydrogen) atoms. The molecule has 0 aliphatic heterocycles. The van der Waals surface area contributed by atoms with Crippen LogP contribution in [0.5, 0.6) is 0 Å². The molecule has 0 saturated heterocycles. The van der Waals surface area contributed by atoms with Gasteiger partial charge < -0.3 is 10.5 Å². The largest absolute Gasteiger partial charge is 0.469 e. The molecule has 116 valence electrons. The Labute approximate surface area is 129 Å². The summed E-state index contributed by atoms with van der Waals surface area (Å²) in [5, 5.41) is 0. The lowest BCUT2D eigenvalue weighted by Gasteiger charge is -2.17. The maximum Gasteiger partial charge on any atom is 0.306 e. The van der Waals surface area contributed by atoms with Gasteiger partial charge in [-0.05, 0) is 55.4 Å². The average molecular weight is 311 g/mol. The van der Waals surface area contributed by atoms with Crippen LogP contribution in [0.4, 0.5) is 4.39 Å². The number of methoxy groups -OCH3 is 1. The van der Waals surface area contributed by atoms with Crippen LogP contribution in [0.25, 0.3) is 0 Å². The van der Waals surface area contributed by atoms with Gasteiger partial charge in [-0.3, -0.25) is 4.79 Å². The number of thioether (sulfide) groups is 1. The highest BCUT2D eigenvalue weighted by Crippen LogP contribution is 2.52. The highest BCUT2D eigenvalue weighted by molar-refractivity contribution is 7.99. The zero-order valence-corrected chi connectivity index (χ0v) is 13.6. The minimum atomic E-state index is -0.220. The zero-order valence-electron chi connectivity index (χ0n) is 12.7. The summed E-state index contributed by atoms with van der Waals surface area (Å²) in [5.41, 5.74) is 7.44. The van der Waals surface area contributed by atoms with Gasteiger partial charge in [-0.2, -0.15) is 0 Å². The van der Waals surface area contributed by atoms with E-state index >= 15 is 0 Å². The molecule has 0 amide bonds. The van der Waals surface area contributed by atoms with E-state index in [0.29, 0.717) is 12.0 Å². The highest BCUT2D eigenvalue weighted by atomic mass is 32.2. The fourth-order valence-electron chi connectivity index (χ4n) is 2.31. The van der Waals surface area contributed by atoms with Crippen molar-refractivity contribution in [1.82, 2.24) is 0 Å². The molecule has 1 unspecified atom stereocenters. The second-order valence-corrected chi connectivity index (χ2v) is 6.99. The fourth-order valence-corrected chi connectivity index (χ4v) is 3.83. The number of nitrogens with two attached hydrogens (primary N) is 1. The number of hydrogen-bond acceptors (Lipinski definition) is 4. The maximum absolute atomic E-state index is 13.7. The molecule has 0 heterocycles. The Hall–Kier alpha value is -1.07. The summed E-state index contributed by atoms with van der Waals surface area (Å²) in [6.45, 7) is 3.61. The number of hydrogen-bond donors (Lipinski definition) is 1. The van der Waals surface area contributed by atoms with Crippen LogP contribution in [-0.4, -0.2) is 18.8 Å². The van der Waals surface area contributed by atoms with Crippen LogP contribution in [0.2, 0.25) is 0 Å². The van der Waals surface area contributed by atoms with Gasteiger partial charge in [0.1, 0.15) is 5.82 Å². The standard InChI is InChI=1S/C16H22FNO2S/c1-10-6-14(12(11(2)18)7-13(10)17)21-9-16(4-5-16)8-15(19)20-3/h6-7,11H,4-5,8-9,18H2,1-3H3. The lowest BCUT2D eigenvalue weighted by atomic mass is 10.1. The molecule has 1 saturated carbocycles. The first kappa shape index (κ1) is 16.3. The molecule has 0 aromatic heterocycles. The van der Waals surface area contributed by atoms with Crippen molar-refractivity contribution in [3.05, 3.63) is 29.1 Å². The third-order valence-corrected chi connectivity index (χ3v) is 5.44. The summed E-state index contributed by atoms with van der Waals surface area (Å²) < 4.78 is 18.5. The molecule has 0 bridgehead atoms. The number of benzene rings is 1. The van der Waals surface area contributed by atoms with E-state index in [0.717, 1.165) is 29.1 Å². The Morgan fingerprint density at radius 1 is 1.52 bits per heavy atom. The number of esters is 1. The Morgan fingerprint density at radius 2 is 2.19 bits per heavy atom. The van der Waals surface area contributed by atoms with E-state index in [9.17, 15) is 9.18 Å². The summed E-state index contributed by atoms with van der Waals surface area (Å²) in [7, 11) is 1.42. The number of carbonyl (C=O) groups excluding carboxylic acids is 1. The number of carbonyl (C=O) groups is 1. The summed E-state index contributed by atoms with van der Waals surface area (Å²) in [6.07, 6.45) is 2.55. The number of aryl methyl sites for hydroxylation is 1. The quantitative estimate of drug-likeness (QED) is 0.644. The van der Waals surface area contributed by atoms with E-state index in [1.165, 1.54) is 13.2 Å². The molecule has 0 radical (unpaired) electrons. The van der Waals surface area contributed by atoms with Crippen LogP contribution in [0, 0.1) is 18.2 Å². The summed E-state index contributed by atoms with van der Waals surface area (Å²) in [5.74, 6) is 0.463. The van der Waals surface area contributed by atoms with Gasteiger partial charge in [0, 0.05) is 16.7 Å². The number of rotatable bonds is 6. The topological polar surface area (TPSA) is 52.3 Å². The molecule has 2 rings (SSSR count). The minimum absolute atomic E-state index is 0.0508. The van der Waals surface area contributed by atoms with Gasteiger partial charge in [0.25, 0.3) is 0 Å². The average Bonchev–Trinajstić information content (AvgIpc) is 3.19. The molecule has 1 aliphatic carbocycles. The van der Waals surface area contributed by atoms with Crippen molar-refractivity contribution in [2.24, 2.45) is 11.1 Å². The van der Waals surface area contributed by atoms with E-state index in [1.54, 1.807) is 18.7 Å². The van der Waals surface area contributed by atoms with Crippen molar-refractivity contribution in [2.45, 2.75) is 44.0 Å². The fraction of sp³-hybridized carbons (Fsp3) is 0.562. The summed E-state index contributed by atoms with van der Waals surface area (Å²) in [6, 6.07) is 3.17. The molecule has 0 spiro atoms. The van der Waals surface area contributed by atoms with Gasteiger partial charge in [-0.25, -0.2) is 4.39 Å². The highest BCUT2D eigenvalue weighted by Gasteiger charge is 2.44. The summed E-state index contributed by atoms with van der Waals surface area (Å²) >= 11 is 1.67. The second-order valence-electron chi connectivity index (χ2n) is 5.97. The predicted octanol–water partition coefficient (Wildman–Crippen LogP) is 3.59. The van der Waals surface area contributed by atoms with Crippen LogP contribution in [0.1, 0.15) is 43.4 Å². The molecule has 2 N–H and O–H groups in total.